The molecule has 0 radical (unpaired) electrons. The first-order valence-electron chi connectivity index (χ1n) is 5.86. The molecule has 84 valence electrons. The summed E-state index contributed by atoms with van der Waals surface area (Å²) < 4.78 is 1.83. The number of nitrogen functional groups attached to an aromatic ring is 1. The molecule has 1 fully saturated rings. The van der Waals surface area contributed by atoms with Gasteiger partial charge in [-0.3, -0.25) is 4.68 Å². The van der Waals surface area contributed by atoms with E-state index in [0.29, 0.717) is 5.41 Å². The van der Waals surface area contributed by atoms with Crippen LogP contribution < -0.4 is 5.73 Å². The highest BCUT2D eigenvalue weighted by molar-refractivity contribution is 5.44. The zero-order valence-corrected chi connectivity index (χ0v) is 10.0. The van der Waals surface area contributed by atoms with Gasteiger partial charge >= 0.3 is 0 Å². The second kappa shape index (κ2) is 3.54. The van der Waals surface area contributed by atoms with E-state index in [1.807, 2.05) is 11.7 Å². The Morgan fingerprint density at radius 3 is 2.67 bits per heavy atom. The van der Waals surface area contributed by atoms with Crippen LogP contribution in [0, 0.1) is 5.41 Å². The molecule has 2 N–H and O–H groups in total. The Kier molecular flexibility index (Phi) is 2.49. The average Bonchev–Trinajstić information content (AvgIpc) is 2.84. The molecule has 0 amide bonds. The van der Waals surface area contributed by atoms with E-state index >= 15 is 0 Å². The highest BCUT2D eigenvalue weighted by Gasteiger charge is 2.38. The molecular formula is C12H21N3. The second-order valence-electron chi connectivity index (χ2n) is 5.17. The van der Waals surface area contributed by atoms with Gasteiger partial charge in [0.05, 0.1) is 5.69 Å². The summed E-state index contributed by atoms with van der Waals surface area (Å²) in [4.78, 5) is 0. The standard InChI is InChI=1S/C12H21N3/c1-4-5-9-10(8-12(2)6-7-12)14-15(3)11(9)13/h4-8,13H2,1-3H3. The van der Waals surface area contributed by atoms with Crippen molar-refractivity contribution in [2.45, 2.75) is 46.0 Å². The van der Waals surface area contributed by atoms with Gasteiger partial charge < -0.3 is 5.73 Å². The Morgan fingerprint density at radius 2 is 2.13 bits per heavy atom. The maximum absolute atomic E-state index is 6.03. The first-order chi connectivity index (χ1) is 7.06. The van der Waals surface area contributed by atoms with Crippen molar-refractivity contribution in [3.8, 4) is 0 Å². The van der Waals surface area contributed by atoms with Gasteiger partial charge in [-0.15, -0.1) is 0 Å². The number of aromatic nitrogens is 2. The third-order valence-electron chi connectivity index (χ3n) is 3.47. The van der Waals surface area contributed by atoms with Crippen molar-refractivity contribution in [1.29, 1.82) is 0 Å². The highest BCUT2D eigenvalue weighted by atomic mass is 15.3. The Bertz CT molecular complexity index is 361. The van der Waals surface area contributed by atoms with Gasteiger partial charge in [0, 0.05) is 12.6 Å². The van der Waals surface area contributed by atoms with Crippen LogP contribution in [0.2, 0.25) is 0 Å². The lowest BCUT2D eigenvalue weighted by atomic mass is 9.98. The molecule has 0 unspecified atom stereocenters. The molecule has 2 rings (SSSR count). The van der Waals surface area contributed by atoms with E-state index in [2.05, 4.69) is 18.9 Å². The largest absolute Gasteiger partial charge is 0.384 e. The van der Waals surface area contributed by atoms with Gasteiger partial charge in [0.2, 0.25) is 0 Å². The van der Waals surface area contributed by atoms with E-state index in [1.165, 1.54) is 24.1 Å². The van der Waals surface area contributed by atoms with E-state index in [4.69, 9.17) is 5.73 Å². The van der Waals surface area contributed by atoms with Gasteiger partial charge in [-0.05, 0) is 31.1 Å². The Balaban J connectivity index is 2.24. The molecule has 1 heterocycles. The number of hydrogen-bond acceptors (Lipinski definition) is 2. The van der Waals surface area contributed by atoms with Crippen LogP contribution in [-0.2, 0) is 19.9 Å². The maximum Gasteiger partial charge on any atom is 0.124 e. The van der Waals surface area contributed by atoms with Gasteiger partial charge in [0.1, 0.15) is 5.82 Å². The number of rotatable bonds is 4. The van der Waals surface area contributed by atoms with Gasteiger partial charge in [0.25, 0.3) is 0 Å². The van der Waals surface area contributed by atoms with Crippen LogP contribution in [-0.4, -0.2) is 9.78 Å². The van der Waals surface area contributed by atoms with Crippen molar-refractivity contribution >= 4 is 5.82 Å². The molecule has 1 aromatic heterocycles. The van der Waals surface area contributed by atoms with E-state index in [1.54, 1.807) is 0 Å². The van der Waals surface area contributed by atoms with Crippen molar-refractivity contribution in [2.75, 3.05) is 5.73 Å². The molecule has 3 nitrogen and oxygen atoms in total. The third kappa shape index (κ3) is 2.01. The van der Waals surface area contributed by atoms with Gasteiger partial charge in [-0.1, -0.05) is 20.3 Å². The molecule has 0 spiro atoms. The van der Waals surface area contributed by atoms with Gasteiger partial charge in [-0.2, -0.15) is 5.10 Å². The summed E-state index contributed by atoms with van der Waals surface area (Å²) >= 11 is 0. The van der Waals surface area contributed by atoms with Crippen LogP contribution in [0.4, 0.5) is 5.82 Å². The van der Waals surface area contributed by atoms with E-state index in [0.717, 1.165) is 25.1 Å². The molecule has 1 aromatic rings. The number of anilines is 1. The molecule has 0 aromatic carbocycles. The predicted molar refractivity (Wildman–Crippen MR) is 62.7 cm³/mol. The summed E-state index contributed by atoms with van der Waals surface area (Å²) in [7, 11) is 1.94. The molecule has 0 bridgehead atoms. The summed E-state index contributed by atoms with van der Waals surface area (Å²) in [6.07, 6.45) is 5.99. The lowest BCUT2D eigenvalue weighted by Gasteiger charge is -2.07. The van der Waals surface area contributed by atoms with Gasteiger partial charge in [0.15, 0.2) is 0 Å². The summed E-state index contributed by atoms with van der Waals surface area (Å²) in [5, 5.41) is 4.55. The Labute approximate surface area is 91.7 Å². The summed E-state index contributed by atoms with van der Waals surface area (Å²) in [6.45, 7) is 4.53. The van der Waals surface area contributed by atoms with E-state index < -0.39 is 0 Å². The van der Waals surface area contributed by atoms with Crippen molar-refractivity contribution < 1.29 is 0 Å². The Hall–Kier alpha value is -0.990. The minimum atomic E-state index is 0.517. The van der Waals surface area contributed by atoms with Crippen LogP contribution >= 0.6 is 0 Å². The topological polar surface area (TPSA) is 43.8 Å². The minimum Gasteiger partial charge on any atom is -0.384 e. The number of hydrogen-bond donors (Lipinski definition) is 1. The van der Waals surface area contributed by atoms with E-state index in [9.17, 15) is 0 Å². The number of nitrogens with two attached hydrogens (primary N) is 1. The van der Waals surface area contributed by atoms with Crippen LogP contribution in [0.5, 0.6) is 0 Å². The molecule has 0 atom stereocenters. The van der Waals surface area contributed by atoms with Crippen LogP contribution in [0.3, 0.4) is 0 Å². The molecule has 1 saturated carbocycles. The zero-order chi connectivity index (χ0) is 11.1. The SMILES string of the molecule is CCCc1c(CC2(C)CC2)nn(C)c1N. The molecule has 1 aliphatic rings. The quantitative estimate of drug-likeness (QED) is 0.823. The van der Waals surface area contributed by atoms with Crippen LogP contribution in [0.25, 0.3) is 0 Å². The summed E-state index contributed by atoms with van der Waals surface area (Å²) in [6, 6.07) is 0. The first-order valence-corrected chi connectivity index (χ1v) is 5.86. The zero-order valence-electron chi connectivity index (χ0n) is 10.0. The summed E-state index contributed by atoms with van der Waals surface area (Å²) in [5.74, 6) is 0.858. The average molecular weight is 207 g/mol. The monoisotopic (exact) mass is 207 g/mol. The van der Waals surface area contributed by atoms with E-state index in [-0.39, 0.29) is 0 Å². The fourth-order valence-corrected chi connectivity index (χ4v) is 2.10. The fourth-order valence-electron chi connectivity index (χ4n) is 2.10. The molecular weight excluding hydrogens is 186 g/mol. The van der Waals surface area contributed by atoms with Crippen LogP contribution in [0.1, 0.15) is 44.4 Å². The fraction of sp³-hybridized carbons (Fsp3) is 0.750. The molecule has 15 heavy (non-hydrogen) atoms. The van der Waals surface area contributed by atoms with Crippen molar-refractivity contribution in [1.82, 2.24) is 9.78 Å². The van der Waals surface area contributed by atoms with Crippen molar-refractivity contribution in [3.05, 3.63) is 11.3 Å². The number of nitrogens with zero attached hydrogens (tertiary/aromatic N) is 2. The van der Waals surface area contributed by atoms with Gasteiger partial charge in [-0.25, -0.2) is 0 Å². The normalized spacial score (nSPS) is 18.1. The minimum absolute atomic E-state index is 0.517. The molecule has 1 aliphatic carbocycles. The molecule has 0 aliphatic heterocycles. The molecule has 0 saturated heterocycles. The predicted octanol–water partition coefficient (Wildman–Crippen LogP) is 2.30. The highest BCUT2D eigenvalue weighted by Crippen LogP contribution is 2.48. The summed E-state index contributed by atoms with van der Waals surface area (Å²) in [5.41, 5.74) is 9.06. The smallest absolute Gasteiger partial charge is 0.124 e. The number of aryl methyl sites for hydroxylation is 1. The first kappa shape index (κ1) is 10.5. The lowest BCUT2D eigenvalue weighted by Crippen LogP contribution is -2.03. The molecule has 3 heteroatoms. The maximum atomic E-state index is 6.03. The second-order valence-corrected chi connectivity index (χ2v) is 5.17. The van der Waals surface area contributed by atoms with Crippen LogP contribution in [0.15, 0.2) is 0 Å². The Morgan fingerprint density at radius 1 is 1.47 bits per heavy atom. The third-order valence-corrected chi connectivity index (χ3v) is 3.47. The lowest BCUT2D eigenvalue weighted by molar-refractivity contribution is 0.551. The van der Waals surface area contributed by atoms with Crippen molar-refractivity contribution in [3.63, 3.8) is 0 Å². The van der Waals surface area contributed by atoms with Crippen molar-refractivity contribution in [2.24, 2.45) is 12.5 Å².